The molecule has 2 aromatic carbocycles. The molecule has 150 valence electrons. The number of rotatable bonds is 6. The third kappa shape index (κ3) is 4.97. The molecular weight excluding hydrogens is 390 g/mol. The van der Waals surface area contributed by atoms with Gasteiger partial charge in [0.05, 0.1) is 21.8 Å². The number of carbonyl (C=O) groups excluding carboxylic acids is 3. The average Bonchev–Trinajstić information content (AvgIpc) is 3.14. The van der Waals surface area contributed by atoms with E-state index in [-0.39, 0.29) is 30.0 Å². The fourth-order valence-corrected chi connectivity index (χ4v) is 3.75. The number of fused-ring (bicyclic) bond motifs is 1. The molecule has 8 heteroatoms. The minimum atomic E-state index is -0.633. The summed E-state index contributed by atoms with van der Waals surface area (Å²) in [5.74, 6) is -1.20. The van der Waals surface area contributed by atoms with Gasteiger partial charge in [-0.2, -0.15) is 0 Å². The Morgan fingerprint density at radius 1 is 1.17 bits per heavy atom. The summed E-state index contributed by atoms with van der Waals surface area (Å²) in [7, 11) is 1.66. The fourth-order valence-electron chi connectivity index (χ4n) is 2.69. The Labute approximate surface area is 172 Å². The SMILES string of the molecule is CC(=O)Nc1cccc(C(=O)OCC(=O)N(C)[C@H](C)c2nc3ccccc3s2)c1. The van der Waals surface area contributed by atoms with Crippen LogP contribution in [-0.4, -0.2) is 41.3 Å². The number of hydrogen-bond donors (Lipinski definition) is 1. The highest BCUT2D eigenvalue weighted by Gasteiger charge is 2.22. The van der Waals surface area contributed by atoms with Crippen molar-refractivity contribution in [2.24, 2.45) is 0 Å². The molecule has 0 radical (unpaired) electrons. The molecule has 0 aliphatic heterocycles. The van der Waals surface area contributed by atoms with E-state index < -0.39 is 5.97 Å². The number of nitrogens with one attached hydrogen (secondary N) is 1. The third-order valence-corrected chi connectivity index (χ3v) is 5.59. The topological polar surface area (TPSA) is 88.6 Å². The zero-order valence-corrected chi connectivity index (χ0v) is 17.2. The summed E-state index contributed by atoms with van der Waals surface area (Å²) in [5, 5.41) is 3.42. The van der Waals surface area contributed by atoms with Crippen molar-refractivity contribution in [2.75, 3.05) is 19.0 Å². The number of esters is 1. The number of nitrogens with zero attached hydrogens (tertiary/aromatic N) is 2. The Kier molecular flexibility index (Phi) is 6.23. The summed E-state index contributed by atoms with van der Waals surface area (Å²) in [5.41, 5.74) is 1.64. The highest BCUT2D eigenvalue weighted by Crippen LogP contribution is 2.28. The van der Waals surface area contributed by atoms with Crippen LogP contribution in [0.2, 0.25) is 0 Å². The molecule has 1 N–H and O–H groups in total. The van der Waals surface area contributed by atoms with Crippen LogP contribution in [0.3, 0.4) is 0 Å². The van der Waals surface area contributed by atoms with Crippen LogP contribution in [0.1, 0.15) is 35.3 Å². The van der Waals surface area contributed by atoms with Gasteiger partial charge in [0.2, 0.25) is 5.91 Å². The van der Waals surface area contributed by atoms with Crippen molar-refractivity contribution in [2.45, 2.75) is 19.9 Å². The van der Waals surface area contributed by atoms with E-state index in [1.54, 1.807) is 25.2 Å². The van der Waals surface area contributed by atoms with Crippen molar-refractivity contribution in [1.29, 1.82) is 0 Å². The number of para-hydroxylation sites is 1. The van der Waals surface area contributed by atoms with Gasteiger partial charge in [0, 0.05) is 19.7 Å². The number of ether oxygens (including phenoxy) is 1. The molecule has 1 aromatic heterocycles. The van der Waals surface area contributed by atoms with Crippen LogP contribution in [-0.2, 0) is 14.3 Å². The maximum atomic E-state index is 12.5. The monoisotopic (exact) mass is 411 g/mol. The van der Waals surface area contributed by atoms with Gasteiger partial charge in [0.25, 0.3) is 5.91 Å². The van der Waals surface area contributed by atoms with E-state index in [2.05, 4.69) is 10.3 Å². The molecule has 0 fully saturated rings. The normalized spacial score (nSPS) is 11.7. The Bertz CT molecular complexity index is 1030. The molecule has 0 spiro atoms. The molecule has 0 aliphatic rings. The van der Waals surface area contributed by atoms with Gasteiger partial charge in [0.1, 0.15) is 5.01 Å². The summed E-state index contributed by atoms with van der Waals surface area (Å²) >= 11 is 1.53. The van der Waals surface area contributed by atoms with Gasteiger partial charge >= 0.3 is 5.97 Å². The number of amides is 2. The largest absolute Gasteiger partial charge is 0.452 e. The summed E-state index contributed by atoms with van der Waals surface area (Å²) in [6, 6.07) is 13.9. The van der Waals surface area contributed by atoms with Gasteiger partial charge in [-0.25, -0.2) is 9.78 Å². The van der Waals surface area contributed by atoms with Crippen LogP contribution in [0.5, 0.6) is 0 Å². The number of thiazole rings is 1. The van der Waals surface area contributed by atoms with E-state index in [9.17, 15) is 14.4 Å². The van der Waals surface area contributed by atoms with Crippen molar-refractivity contribution >= 4 is 45.0 Å². The lowest BCUT2D eigenvalue weighted by atomic mass is 10.2. The van der Waals surface area contributed by atoms with Gasteiger partial charge < -0.3 is 15.0 Å². The minimum Gasteiger partial charge on any atom is -0.452 e. The molecule has 1 atom stereocenters. The standard InChI is InChI=1S/C21H21N3O4S/c1-13(20-23-17-9-4-5-10-18(17)29-20)24(3)19(26)12-28-21(27)15-7-6-8-16(11-15)22-14(2)25/h4-11,13H,12H2,1-3H3,(H,22,25)/t13-/m1/s1. The highest BCUT2D eigenvalue weighted by atomic mass is 32.1. The Hall–Kier alpha value is -3.26. The van der Waals surface area contributed by atoms with E-state index in [0.717, 1.165) is 15.2 Å². The number of benzene rings is 2. The predicted octanol–water partition coefficient (Wildman–Crippen LogP) is 3.63. The van der Waals surface area contributed by atoms with Crippen molar-refractivity contribution in [3.63, 3.8) is 0 Å². The second-order valence-electron chi connectivity index (χ2n) is 6.54. The van der Waals surface area contributed by atoms with E-state index in [4.69, 9.17) is 4.74 Å². The second-order valence-corrected chi connectivity index (χ2v) is 7.60. The van der Waals surface area contributed by atoms with Crippen molar-refractivity contribution in [1.82, 2.24) is 9.88 Å². The molecule has 0 bridgehead atoms. The molecule has 7 nitrogen and oxygen atoms in total. The number of hydrogen-bond acceptors (Lipinski definition) is 6. The van der Waals surface area contributed by atoms with E-state index in [0.29, 0.717) is 5.69 Å². The second kappa shape index (κ2) is 8.83. The lowest BCUT2D eigenvalue weighted by Gasteiger charge is -2.23. The predicted molar refractivity (Wildman–Crippen MR) is 112 cm³/mol. The Balaban J connectivity index is 1.60. The minimum absolute atomic E-state index is 0.240. The molecule has 0 unspecified atom stereocenters. The van der Waals surface area contributed by atoms with Crippen molar-refractivity contribution in [3.05, 3.63) is 59.1 Å². The van der Waals surface area contributed by atoms with Crippen molar-refractivity contribution in [3.8, 4) is 0 Å². The molecule has 3 rings (SSSR count). The quantitative estimate of drug-likeness (QED) is 0.626. The Morgan fingerprint density at radius 2 is 1.93 bits per heavy atom. The Morgan fingerprint density at radius 3 is 2.66 bits per heavy atom. The summed E-state index contributed by atoms with van der Waals surface area (Å²) in [6.07, 6.45) is 0. The number of carbonyl (C=O) groups is 3. The molecule has 0 aliphatic carbocycles. The zero-order valence-electron chi connectivity index (χ0n) is 16.3. The molecule has 1 heterocycles. The van der Waals surface area contributed by atoms with E-state index in [1.165, 1.54) is 29.2 Å². The zero-order chi connectivity index (χ0) is 21.0. The summed E-state index contributed by atoms with van der Waals surface area (Å²) in [6.45, 7) is 2.88. The van der Waals surface area contributed by atoms with Crippen LogP contribution in [0.25, 0.3) is 10.2 Å². The first-order chi connectivity index (χ1) is 13.8. The number of anilines is 1. The molecule has 29 heavy (non-hydrogen) atoms. The van der Waals surface area contributed by atoms with E-state index >= 15 is 0 Å². The number of likely N-dealkylation sites (N-methyl/N-ethyl adjacent to an activating group) is 1. The summed E-state index contributed by atoms with van der Waals surface area (Å²) in [4.78, 5) is 42.0. The van der Waals surface area contributed by atoms with Crippen LogP contribution < -0.4 is 5.32 Å². The molecular formula is C21H21N3O4S. The molecule has 2 amide bonds. The van der Waals surface area contributed by atoms with Gasteiger partial charge in [-0.05, 0) is 37.3 Å². The van der Waals surface area contributed by atoms with Gasteiger partial charge in [-0.3, -0.25) is 9.59 Å². The summed E-state index contributed by atoms with van der Waals surface area (Å²) < 4.78 is 6.21. The van der Waals surface area contributed by atoms with E-state index in [1.807, 2.05) is 31.2 Å². The van der Waals surface area contributed by atoms with Crippen LogP contribution in [0.15, 0.2) is 48.5 Å². The molecule has 0 saturated carbocycles. The number of aromatic nitrogens is 1. The van der Waals surface area contributed by atoms with Crippen molar-refractivity contribution < 1.29 is 19.1 Å². The third-order valence-electron chi connectivity index (χ3n) is 4.39. The lowest BCUT2D eigenvalue weighted by Crippen LogP contribution is -2.33. The first-order valence-corrected chi connectivity index (χ1v) is 9.82. The first kappa shape index (κ1) is 20.5. The smallest absolute Gasteiger partial charge is 0.338 e. The van der Waals surface area contributed by atoms with Crippen LogP contribution >= 0.6 is 11.3 Å². The van der Waals surface area contributed by atoms with Crippen LogP contribution in [0.4, 0.5) is 5.69 Å². The van der Waals surface area contributed by atoms with Gasteiger partial charge in [0.15, 0.2) is 6.61 Å². The van der Waals surface area contributed by atoms with Gasteiger partial charge in [-0.1, -0.05) is 18.2 Å². The lowest BCUT2D eigenvalue weighted by molar-refractivity contribution is -0.135. The maximum Gasteiger partial charge on any atom is 0.338 e. The molecule has 0 saturated heterocycles. The van der Waals surface area contributed by atoms with Crippen LogP contribution in [0, 0.1) is 0 Å². The highest BCUT2D eigenvalue weighted by molar-refractivity contribution is 7.18. The van der Waals surface area contributed by atoms with Gasteiger partial charge in [-0.15, -0.1) is 11.3 Å². The fraction of sp³-hybridized carbons (Fsp3) is 0.238. The average molecular weight is 411 g/mol. The first-order valence-electron chi connectivity index (χ1n) is 9.01. The molecule has 3 aromatic rings. The maximum absolute atomic E-state index is 12.5.